The predicted octanol–water partition coefficient (Wildman–Crippen LogP) is 4.46. The molecule has 0 bridgehead atoms. The molecule has 4 N–H and O–H groups in total. The number of aliphatic hydroxyl groups excluding tert-OH is 2. The Balaban J connectivity index is 1.31. The fourth-order valence-corrected chi connectivity index (χ4v) is 6.28. The van der Waals surface area contributed by atoms with Gasteiger partial charge in [0.25, 0.3) is 0 Å². The third-order valence-corrected chi connectivity index (χ3v) is 8.90. The maximum Gasteiger partial charge on any atom is 0.325 e. The second-order valence-electron chi connectivity index (χ2n) is 11.9. The van der Waals surface area contributed by atoms with Crippen LogP contribution in [0.2, 0.25) is 0 Å². The van der Waals surface area contributed by atoms with E-state index in [-0.39, 0.29) is 57.1 Å². The number of esters is 1. The zero-order chi connectivity index (χ0) is 32.5. The number of carbonyl (C=O) groups is 2. The summed E-state index contributed by atoms with van der Waals surface area (Å²) in [6, 6.07) is 23.5. The Bertz CT molecular complexity index is 1430. The summed E-state index contributed by atoms with van der Waals surface area (Å²) in [6.45, 7) is 6.00. The van der Waals surface area contributed by atoms with Gasteiger partial charge in [0.1, 0.15) is 6.54 Å². The lowest BCUT2D eigenvalue weighted by Gasteiger charge is -2.43. The number of benzene rings is 3. The minimum absolute atomic E-state index is 0.0125. The fourth-order valence-electron chi connectivity index (χ4n) is 6.28. The average molecular weight is 632 g/mol. The third-order valence-electron chi connectivity index (χ3n) is 8.90. The molecule has 0 aliphatic carbocycles. The molecule has 3 aromatic carbocycles. The minimum atomic E-state index is -0.590. The van der Waals surface area contributed by atoms with E-state index in [1.165, 1.54) is 0 Å². The molecule has 246 valence electrons. The van der Waals surface area contributed by atoms with Crippen molar-refractivity contribution >= 4 is 12.0 Å². The van der Waals surface area contributed by atoms with E-state index in [4.69, 9.17) is 14.2 Å². The zero-order valence-electron chi connectivity index (χ0n) is 26.6. The fraction of sp³-hybridized carbons (Fsp3) is 0.444. The normalized spacial score (nSPS) is 23.2. The highest BCUT2D eigenvalue weighted by Gasteiger charge is 2.40. The van der Waals surface area contributed by atoms with Gasteiger partial charge in [-0.25, -0.2) is 4.79 Å². The number of hydrogen-bond acceptors (Lipinski definition) is 8. The summed E-state index contributed by atoms with van der Waals surface area (Å²) in [5, 5.41) is 24.8. The van der Waals surface area contributed by atoms with Crippen LogP contribution in [0.3, 0.4) is 0 Å². The van der Waals surface area contributed by atoms with Crippen LogP contribution in [0.1, 0.15) is 61.3 Å². The van der Waals surface area contributed by atoms with Crippen LogP contribution in [0, 0.1) is 5.92 Å². The summed E-state index contributed by atoms with van der Waals surface area (Å²) in [4.78, 5) is 26.1. The topological polar surface area (TPSA) is 130 Å². The summed E-state index contributed by atoms with van der Waals surface area (Å²) in [5.74, 6) is -0.425. The van der Waals surface area contributed by atoms with Gasteiger partial charge in [-0.1, -0.05) is 79.7 Å². The second-order valence-corrected chi connectivity index (χ2v) is 11.9. The maximum absolute atomic E-state index is 12.3. The van der Waals surface area contributed by atoms with Gasteiger partial charge in [-0.05, 0) is 54.1 Å². The van der Waals surface area contributed by atoms with Gasteiger partial charge in [0.2, 0.25) is 0 Å². The lowest BCUT2D eigenvalue weighted by Crippen LogP contribution is -2.46. The molecule has 2 saturated heterocycles. The highest BCUT2D eigenvalue weighted by Crippen LogP contribution is 2.42. The molecule has 5 atom stereocenters. The van der Waals surface area contributed by atoms with E-state index >= 15 is 0 Å². The molecule has 10 nitrogen and oxygen atoms in total. The molecule has 0 spiro atoms. The Morgan fingerprint density at radius 1 is 0.957 bits per heavy atom. The van der Waals surface area contributed by atoms with E-state index in [2.05, 4.69) is 22.5 Å². The Hall–Kier alpha value is -3.80. The molecule has 5 rings (SSSR count). The monoisotopic (exact) mass is 631 g/mol. The highest BCUT2D eigenvalue weighted by atomic mass is 16.7. The smallest absolute Gasteiger partial charge is 0.325 e. The molecule has 10 heteroatoms. The summed E-state index contributed by atoms with van der Waals surface area (Å²) in [6.07, 6.45) is 1.13. The number of urea groups is 1. The van der Waals surface area contributed by atoms with Gasteiger partial charge in [0.05, 0.1) is 32.0 Å². The van der Waals surface area contributed by atoms with Gasteiger partial charge >= 0.3 is 12.0 Å². The first kappa shape index (κ1) is 33.6. The number of rotatable bonds is 12. The van der Waals surface area contributed by atoms with Crippen molar-refractivity contribution in [2.45, 2.75) is 64.4 Å². The lowest BCUT2D eigenvalue weighted by molar-refractivity contribution is -0.276. The highest BCUT2D eigenvalue weighted by molar-refractivity contribution is 5.81. The van der Waals surface area contributed by atoms with Crippen molar-refractivity contribution in [2.75, 3.05) is 32.8 Å². The van der Waals surface area contributed by atoms with Crippen molar-refractivity contribution in [3.63, 3.8) is 0 Å². The van der Waals surface area contributed by atoms with Crippen LogP contribution in [0.15, 0.2) is 72.8 Å². The summed E-state index contributed by atoms with van der Waals surface area (Å²) < 4.78 is 18.1. The van der Waals surface area contributed by atoms with Crippen LogP contribution in [0.5, 0.6) is 0 Å². The van der Waals surface area contributed by atoms with Crippen LogP contribution >= 0.6 is 0 Å². The molecule has 2 aliphatic rings. The molecule has 46 heavy (non-hydrogen) atoms. The Labute approximate surface area is 270 Å². The zero-order valence-corrected chi connectivity index (χ0v) is 26.6. The van der Waals surface area contributed by atoms with Gasteiger partial charge in [0.15, 0.2) is 6.29 Å². The number of ether oxygens (including phenoxy) is 3. The van der Waals surface area contributed by atoms with Crippen molar-refractivity contribution in [1.29, 1.82) is 0 Å². The molecule has 0 radical (unpaired) electrons. The number of amides is 2. The molecule has 0 saturated carbocycles. The van der Waals surface area contributed by atoms with Crippen molar-refractivity contribution in [3.8, 4) is 11.1 Å². The average Bonchev–Trinajstić information content (AvgIpc) is 3.55. The van der Waals surface area contributed by atoms with E-state index in [0.717, 1.165) is 52.8 Å². The molecule has 2 aliphatic heterocycles. The number of hydrogen-bond donors (Lipinski definition) is 4. The van der Waals surface area contributed by atoms with Crippen LogP contribution in [0.25, 0.3) is 11.1 Å². The van der Waals surface area contributed by atoms with Crippen molar-refractivity contribution < 1.29 is 34.0 Å². The standard InChI is InChI=1S/C36H45N3O7/c1-3-44-33(42)20-38-36(43)37-19-29-7-4-5-9-31(29)26-14-16-28(17-15-26)35-45-32(21-39-18-6-8-30(39)23-41)24(2)34(46-35)27-12-10-25(22-40)11-13-27/h4-5,7,9-17,24,30,32,34-35,40-41H,3,6,8,18-23H2,1-2H3,(H2,37,38,43)/t24-,30-,32+,34+,35+/m0/s1. The van der Waals surface area contributed by atoms with Crippen LogP contribution in [0.4, 0.5) is 4.79 Å². The van der Waals surface area contributed by atoms with Gasteiger partial charge in [0, 0.05) is 30.6 Å². The quantitative estimate of drug-likeness (QED) is 0.216. The Kier molecular flexibility index (Phi) is 11.8. The lowest BCUT2D eigenvalue weighted by atomic mass is 9.89. The predicted molar refractivity (Wildman–Crippen MR) is 173 cm³/mol. The Morgan fingerprint density at radius 3 is 2.41 bits per heavy atom. The molecule has 2 amide bonds. The number of nitrogens with zero attached hydrogens (tertiary/aromatic N) is 1. The van der Waals surface area contributed by atoms with E-state index in [9.17, 15) is 19.8 Å². The number of aliphatic hydroxyl groups is 2. The molecule has 0 unspecified atom stereocenters. The first-order valence-corrected chi connectivity index (χ1v) is 16.1. The van der Waals surface area contributed by atoms with E-state index in [0.29, 0.717) is 6.54 Å². The van der Waals surface area contributed by atoms with Crippen molar-refractivity contribution in [2.24, 2.45) is 5.92 Å². The molecular weight excluding hydrogens is 586 g/mol. The molecule has 3 aromatic rings. The van der Waals surface area contributed by atoms with Gasteiger partial charge in [-0.2, -0.15) is 0 Å². The third kappa shape index (κ3) is 8.31. The molecule has 2 heterocycles. The number of likely N-dealkylation sites (tertiary alicyclic amines) is 1. The summed E-state index contributed by atoms with van der Waals surface area (Å²) in [7, 11) is 0. The maximum atomic E-state index is 12.3. The summed E-state index contributed by atoms with van der Waals surface area (Å²) in [5.41, 5.74) is 5.66. The first-order valence-electron chi connectivity index (χ1n) is 16.1. The van der Waals surface area contributed by atoms with Gasteiger partial charge < -0.3 is 35.1 Å². The van der Waals surface area contributed by atoms with E-state index in [1.54, 1.807) is 6.92 Å². The molecular formula is C36H45N3O7. The number of nitrogens with one attached hydrogen (secondary N) is 2. The minimum Gasteiger partial charge on any atom is -0.465 e. The van der Waals surface area contributed by atoms with E-state index < -0.39 is 18.3 Å². The SMILES string of the molecule is CCOC(=O)CNC(=O)NCc1ccccc1-c1ccc([C@@H]2O[C@H](CN3CCC[C@H]3CO)[C@H](C)[C@H](c3ccc(CO)cc3)O2)cc1. The Morgan fingerprint density at radius 2 is 1.70 bits per heavy atom. The molecule has 0 aromatic heterocycles. The van der Waals surface area contributed by atoms with Crippen molar-refractivity contribution in [1.82, 2.24) is 15.5 Å². The van der Waals surface area contributed by atoms with Crippen LogP contribution < -0.4 is 10.6 Å². The van der Waals surface area contributed by atoms with E-state index in [1.807, 2.05) is 72.8 Å². The largest absolute Gasteiger partial charge is 0.465 e. The van der Waals surface area contributed by atoms with Crippen LogP contribution in [-0.4, -0.2) is 72.1 Å². The van der Waals surface area contributed by atoms with Gasteiger partial charge in [-0.3, -0.25) is 9.69 Å². The number of carbonyl (C=O) groups excluding carboxylic acids is 2. The second kappa shape index (κ2) is 16.2. The van der Waals surface area contributed by atoms with Gasteiger partial charge in [-0.15, -0.1) is 0 Å². The first-order chi connectivity index (χ1) is 22.4. The van der Waals surface area contributed by atoms with Crippen LogP contribution in [-0.2, 0) is 32.2 Å². The molecule has 2 fully saturated rings. The summed E-state index contributed by atoms with van der Waals surface area (Å²) >= 11 is 0. The van der Waals surface area contributed by atoms with Crippen molar-refractivity contribution in [3.05, 3.63) is 95.1 Å².